The maximum Gasteiger partial charge on any atom is 0.266 e. The molecule has 6 heteroatoms. The first-order valence-corrected chi connectivity index (χ1v) is 7.58. The molecule has 1 aromatic carbocycles. The quantitative estimate of drug-likeness (QED) is 0.754. The minimum absolute atomic E-state index is 0.363. The average molecular weight is 286 g/mol. The Kier molecular flexibility index (Phi) is 2.99. The maximum absolute atomic E-state index is 12.1. The molecule has 96 valence electrons. The molecule has 0 aliphatic rings. The van der Waals surface area contributed by atoms with Gasteiger partial charge in [0.1, 0.15) is 4.90 Å². The second kappa shape index (κ2) is 4.10. The van der Waals surface area contributed by atoms with Crippen LogP contribution in [0.5, 0.6) is 0 Å². The Balaban J connectivity index is 3.09. The van der Waals surface area contributed by atoms with Crippen LogP contribution >= 0.6 is 10.7 Å². The van der Waals surface area contributed by atoms with Gasteiger partial charge in [-0.3, -0.25) is 4.79 Å². The van der Waals surface area contributed by atoms with Crippen LogP contribution in [0.4, 0.5) is 0 Å². The second-order valence-electron chi connectivity index (χ2n) is 4.27. The number of benzene rings is 1. The zero-order chi connectivity index (χ0) is 13.7. The Morgan fingerprint density at radius 3 is 2.39 bits per heavy atom. The van der Waals surface area contributed by atoms with Gasteiger partial charge in [-0.2, -0.15) is 0 Å². The summed E-state index contributed by atoms with van der Waals surface area (Å²) in [6.45, 7) is 3.83. The van der Waals surface area contributed by atoms with Crippen molar-refractivity contribution in [3.05, 3.63) is 39.7 Å². The van der Waals surface area contributed by atoms with Gasteiger partial charge in [0.25, 0.3) is 9.05 Å². The van der Waals surface area contributed by atoms with E-state index in [2.05, 4.69) is 0 Å². The smallest absolute Gasteiger partial charge is 0.266 e. The van der Waals surface area contributed by atoms with Crippen LogP contribution in [0.15, 0.2) is 28.0 Å². The molecule has 18 heavy (non-hydrogen) atoms. The van der Waals surface area contributed by atoms with Crippen molar-refractivity contribution >= 4 is 30.6 Å². The summed E-state index contributed by atoms with van der Waals surface area (Å²) < 4.78 is 24.3. The largest absolute Gasteiger partial charge is 0.349 e. The lowest BCUT2D eigenvalue weighted by atomic mass is 10.1. The molecule has 0 atom stereocenters. The number of pyridine rings is 1. The lowest BCUT2D eigenvalue weighted by Crippen LogP contribution is -2.16. The fourth-order valence-corrected chi connectivity index (χ4v) is 2.99. The summed E-state index contributed by atoms with van der Waals surface area (Å²) >= 11 is 0. The van der Waals surface area contributed by atoms with Gasteiger partial charge in [-0.05, 0) is 31.0 Å². The van der Waals surface area contributed by atoms with Crippen LogP contribution in [0.1, 0.15) is 11.1 Å². The minimum atomic E-state index is -4.03. The first-order chi connectivity index (χ1) is 8.23. The Bertz CT molecular complexity index is 806. The Labute approximate surface area is 109 Å². The summed E-state index contributed by atoms with van der Waals surface area (Å²) in [4.78, 5) is 11.7. The van der Waals surface area contributed by atoms with Gasteiger partial charge in [-0.1, -0.05) is 6.07 Å². The highest BCUT2D eigenvalue weighted by Gasteiger charge is 2.19. The third-order valence-electron chi connectivity index (χ3n) is 3.10. The molecular weight excluding hydrogens is 274 g/mol. The van der Waals surface area contributed by atoms with E-state index in [1.807, 2.05) is 13.8 Å². The van der Waals surface area contributed by atoms with Crippen molar-refractivity contribution in [1.82, 2.24) is 4.57 Å². The fourth-order valence-electron chi connectivity index (χ4n) is 2.04. The molecule has 1 heterocycles. The Hall–Kier alpha value is -1.33. The molecule has 4 nitrogen and oxygen atoms in total. The van der Waals surface area contributed by atoms with Gasteiger partial charge in [0, 0.05) is 29.3 Å². The fraction of sp³-hybridized carbons (Fsp3) is 0.250. The van der Waals surface area contributed by atoms with Gasteiger partial charge in [0.15, 0.2) is 0 Å². The summed E-state index contributed by atoms with van der Waals surface area (Å²) in [7, 11) is 2.93. The van der Waals surface area contributed by atoms with Crippen LogP contribution in [0, 0.1) is 13.8 Å². The molecule has 0 spiro atoms. The number of rotatable bonds is 1. The summed E-state index contributed by atoms with van der Waals surface area (Å²) in [5.74, 6) is 0. The number of hydrogen-bond acceptors (Lipinski definition) is 3. The van der Waals surface area contributed by atoms with Crippen LogP contribution in [0.3, 0.4) is 0 Å². The van der Waals surface area contributed by atoms with E-state index < -0.39 is 14.5 Å². The highest BCUT2D eigenvalue weighted by molar-refractivity contribution is 8.13. The van der Waals surface area contributed by atoms with Gasteiger partial charge in [0.2, 0.25) is 5.43 Å². The van der Waals surface area contributed by atoms with E-state index in [1.165, 1.54) is 6.20 Å². The minimum Gasteiger partial charge on any atom is -0.349 e. The van der Waals surface area contributed by atoms with Gasteiger partial charge in [-0.25, -0.2) is 8.42 Å². The zero-order valence-corrected chi connectivity index (χ0v) is 11.8. The topological polar surface area (TPSA) is 56.1 Å². The van der Waals surface area contributed by atoms with Crippen molar-refractivity contribution in [1.29, 1.82) is 0 Å². The number of nitrogens with zero attached hydrogens (tertiary/aromatic N) is 1. The second-order valence-corrected chi connectivity index (χ2v) is 6.81. The molecule has 0 amide bonds. The molecular formula is C12H12ClNO3S. The Morgan fingerprint density at radius 2 is 1.83 bits per heavy atom. The van der Waals surface area contributed by atoms with E-state index in [-0.39, 0.29) is 4.90 Å². The highest BCUT2D eigenvalue weighted by Crippen LogP contribution is 2.21. The number of hydrogen-bond donors (Lipinski definition) is 0. The molecule has 0 saturated heterocycles. The monoisotopic (exact) mass is 285 g/mol. The van der Waals surface area contributed by atoms with Gasteiger partial charge in [-0.15, -0.1) is 0 Å². The van der Waals surface area contributed by atoms with Crippen molar-refractivity contribution < 1.29 is 8.42 Å². The van der Waals surface area contributed by atoms with Crippen molar-refractivity contribution in [3.63, 3.8) is 0 Å². The molecule has 0 radical (unpaired) electrons. The molecule has 2 aromatic rings. The maximum atomic E-state index is 12.1. The molecule has 0 aliphatic heterocycles. The Morgan fingerprint density at radius 1 is 1.22 bits per heavy atom. The standard InChI is InChI=1S/C12H12ClNO3S/c1-7-4-5-9-11(8(7)2)14(3)6-10(12(9)15)18(13,16)17/h4-6H,1-3H3. The molecule has 0 aliphatic carbocycles. The molecule has 0 N–H and O–H groups in total. The number of aromatic nitrogens is 1. The number of aryl methyl sites for hydroxylation is 3. The van der Waals surface area contributed by atoms with E-state index in [0.29, 0.717) is 5.39 Å². The van der Waals surface area contributed by atoms with E-state index in [4.69, 9.17) is 10.7 Å². The van der Waals surface area contributed by atoms with Crippen LogP contribution in [-0.4, -0.2) is 13.0 Å². The SMILES string of the molecule is Cc1ccc2c(=O)c(S(=O)(=O)Cl)cn(C)c2c1C. The summed E-state index contributed by atoms with van der Waals surface area (Å²) in [6.07, 6.45) is 1.26. The van der Waals surface area contributed by atoms with Crippen LogP contribution in [0.25, 0.3) is 10.9 Å². The summed E-state index contributed by atoms with van der Waals surface area (Å²) in [5, 5.41) is 0.363. The van der Waals surface area contributed by atoms with E-state index >= 15 is 0 Å². The first kappa shape index (κ1) is 13.1. The molecule has 0 unspecified atom stereocenters. The molecule has 0 bridgehead atoms. The van der Waals surface area contributed by atoms with E-state index in [0.717, 1.165) is 16.6 Å². The molecule has 0 fully saturated rings. The number of halogens is 1. The first-order valence-electron chi connectivity index (χ1n) is 5.27. The van der Waals surface area contributed by atoms with Crippen LogP contribution in [0.2, 0.25) is 0 Å². The summed E-state index contributed by atoms with van der Waals surface area (Å²) in [5.41, 5.74) is 2.16. The van der Waals surface area contributed by atoms with Gasteiger partial charge in [0.05, 0.1) is 5.52 Å². The van der Waals surface area contributed by atoms with E-state index in [9.17, 15) is 13.2 Å². The third kappa shape index (κ3) is 1.93. The van der Waals surface area contributed by atoms with E-state index in [1.54, 1.807) is 23.7 Å². The predicted molar refractivity (Wildman–Crippen MR) is 71.7 cm³/mol. The lowest BCUT2D eigenvalue weighted by Gasteiger charge is -2.11. The highest BCUT2D eigenvalue weighted by atomic mass is 35.7. The number of fused-ring (bicyclic) bond motifs is 1. The van der Waals surface area contributed by atoms with Crippen molar-refractivity contribution in [2.75, 3.05) is 0 Å². The van der Waals surface area contributed by atoms with Crippen LogP contribution < -0.4 is 5.43 Å². The van der Waals surface area contributed by atoms with Crippen molar-refractivity contribution in [2.24, 2.45) is 7.05 Å². The van der Waals surface area contributed by atoms with Crippen molar-refractivity contribution in [2.45, 2.75) is 18.7 Å². The average Bonchev–Trinajstić information content (AvgIpc) is 2.25. The van der Waals surface area contributed by atoms with Crippen molar-refractivity contribution in [3.8, 4) is 0 Å². The normalized spacial score (nSPS) is 12.0. The zero-order valence-electron chi connectivity index (χ0n) is 10.2. The lowest BCUT2D eigenvalue weighted by molar-refractivity contribution is 0.608. The molecule has 0 saturated carbocycles. The van der Waals surface area contributed by atoms with Gasteiger partial charge < -0.3 is 4.57 Å². The molecule has 2 rings (SSSR count). The summed E-state index contributed by atoms with van der Waals surface area (Å²) in [6, 6.07) is 3.43. The molecule has 1 aromatic heterocycles. The van der Waals surface area contributed by atoms with Crippen LogP contribution in [-0.2, 0) is 16.1 Å². The van der Waals surface area contributed by atoms with Gasteiger partial charge >= 0.3 is 0 Å². The third-order valence-corrected chi connectivity index (χ3v) is 4.41. The predicted octanol–water partition coefficient (Wildman–Crippen LogP) is 2.08.